The van der Waals surface area contributed by atoms with Gasteiger partial charge < -0.3 is 0 Å². The fourth-order valence-electron chi connectivity index (χ4n) is 0.987. The molecule has 0 aliphatic carbocycles. The second kappa shape index (κ2) is 3.95. The molecule has 0 aromatic carbocycles. The lowest BCUT2D eigenvalue weighted by molar-refractivity contribution is -0.104. The molecule has 0 aliphatic heterocycles. The summed E-state index contributed by atoms with van der Waals surface area (Å²) in [6, 6.07) is 2.34. The lowest BCUT2D eigenvalue weighted by atomic mass is 10.3. The fraction of sp³-hybridized carbons (Fsp3) is 0.333. The number of aldehydes is 1. The lowest BCUT2D eigenvalue weighted by Gasteiger charge is -2.07. The Morgan fingerprint density at radius 2 is 2.14 bits per heavy atom. The molecule has 0 unspecified atom stereocenters. The van der Waals surface area contributed by atoms with Crippen molar-refractivity contribution in [3.63, 3.8) is 0 Å². The SMILES string of the molecule is CC(C)n1nc(C(=O)C=O)ccc1=O. The van der Waals surface area contributed by atoms with E-state index >= 15 is 0 Å². The molecule has 14 heavy (non-hydrogen) atoms. The number of carbonyl (C=O) groups excluding carboxylic acids is 2. The molecular formula is C9H10N2O3. The Morgan fingerprint density at radius 1 is 1.50 bits per heavy atom. The van der Waals surface area contributed by atoms with E-state index in [9.17, 15) is 14.4 Å². The minimum Gasteiger partial charge on any atom is -0.294 e. The summed E-state index contributed by atoms with van der Waals surface area (Å²) in [6.07, 6.45) is 0.178. The Labute approximate surface area is 80.4 Å². The summed E-state index contributed by atoms with van der Waals surface area (Å²) in [6.45, 7) is 3.53. The molecule has 0 spiro atoms. The predicted molar refractivity (Wildman–Crippen MR) is 49.3 cm³/mol. The summed E-state index contributed by atoms with van der Waals surface area (Å²) in [7, 11) is 0. The van der Waals surface area contributed by atoms with Crippen LogP contribution in [0.4, 0.5) is 0 Å². The third-order valence-electron chi connectivity index (χ3n) is 1.67. The van der Waals surface area contributed by atoms with Gasteiger partial charge in [-0.25, -0.2) is 4.68 Å². The number of ketones is 1. The van der Waals surface area contributed by atoms with E-state index in [0.29, 0.717) is 0 Å². The topological polar surface area (TPSA) is 69.0 Å². The second-order valence-corrected chi connectivity index (χ2v) is 3.08. The van der Waals surface area contributed by atoms with Crippen LogP contribution in [0, 0.1) is 0 Å². The number of nitrogens with zero attached hydrogens (tertiary/aromatic N) is 2. The predicted octanol–water partition coefficient (Wildman–Crippen LogP) is 0.206. The summed E-state index contributed by atoms with van der Waals surface area (Å²) in [4.78, 5) is 32.4. The van der Waals surface area contributed by atoms with Gasteiger partial charge in [-0.3, -0.25) is 14.4 Å². The van der Waals surface area contributed by atoms with Crippen LogP contribution >= 0.6 is 0 Å². The van der Waals surface area contributed by atoms with E-state index in [1.807, 2.05) is 0 Å². The molecule has 1 aromatic rings. The van der Waals surface area contributed by atoms with Gasteiger partial charge in [0, 0.05) is 6.07 Å². The molecule has 0 saturated heterocycles. The Kier molecular flexibility index (Phi) is 2.91. The molecule has 0 bridgehead atoms. The van der Waals surface area contributed by atoms with E-state index in [2.05, 4.69) is 5.10 Å². The van der Waals surface area contributed by atoms with Crippen LogP contribution in [0.5, 0.6) is 0 Å². The average Bonchev–Trinajstić information content (AvgIpc) is 2.17. The zero-order valence-electron chi connectivity index (χ0n) is 7.93. The Morgan fingerprint density at radius 3 is 2.64 bits per heavy atom. The van der Waals surface area contributed by atoms with Crippen molar-refractivity contribution in [2.45, 2.75) is 19.9 Å². The third kappa shape index (κ3) is 1.93. The molecule has 0 aliphatic rings. The fourth-order valence-corrected chi connectivity index (χ4v) is 0.987. The molecule has 1 aromatic heterocycles. The van der Waals surface area contributed by atoms with Gasteiger partial charge in [0.1, 0.15) is 5.69 Å². The van der Waals surface area contributed by atoms with Gasteiger partial charge in [0.2, 0.25) is 5.78 Å². The summed E-state index contributed by atoms with van der Waals surface area (Å²) >= 11 is 0. The van der Waals surface area contributed by atoms with Crippen molar-refractivity contribution in [3.05, 3.63) is 28.2 Å². The average molecular weight is 194 g/mol. The number of aromatic nitrogens is 2. The van der Waals surface area contributed by atoms with Gasteiger partial charge >= 0.3 is 0 Å². The summed E-state index contributed by atoms with van der Waals surface area (Å²) < 4.78 is 1.16. The Balaban J connectivity index is 3.26. The molecular weight excluding hydrogens is 184 g/mol. The number of rotatable bonds is 3. The Hall–Kier alpha value is -1.78. The highest BCUT2D eigenvalue weighted by atomic mass is 16.2. The van der Waals surface area contributed by atoms with Crippen molar-refractivity contribution in [2.75, 3.05) is 0 Å². The van der Waals surface area contributed by atoms with E-state index in [-0.39, 0.29) is 23.6 Å². The van der Waals surface area contributed by atoms with Gasteiger partial charge in [-0.2, -0.15) is 5.10 Å². The monoisotopic (exact) mass is 194 g/mol. The first kappa shape index (κ1) is 10.3. The highest BCUT2D eigenvalue weighted by Crippen LogP contribution is 1.98. The smallest absolute Gasteiger partial charge is 0.267 e. The number of Topliss-reactive ketones (excluding diaryl/α,β-unsaturated/α-hetero) is 1. The van der Waals surface area contributed by atoms with Crippen molar-refractivity contribution in [1.29, 1.82) is 0 Å². The zero-order chi connectivity index (χ0) is 10.7. The van der Waals surface area contributed by atoms with E-state index in [4.69, 9.17) is 0 Å². The van der Waals surface area contributed by atoms with Crippen LogP contribution in [-0.2, 0) is 4.79 Å². The van der Waals surface area contributed by atoms with Gasteiger partial charge in [-0.15, -0.1) is 0 Å². The maximum absolute atomic E-state index is 11.2. The summed E-state index contributed by atoms with van der Waals surface area (Å²) in [5.41, 5.74) is -0.296. The first-order valence-electron chi connectivity index (χ1n) is 4.15. The standard InChI is InChI=1S/C9H10N2O3/c1-6(2)11-9(14)4-3-7(10-11)8(13)5-12/h3-6H,1-2H3. The number of carbonyl (C=O) groups is 2. The van der Waals surface area contributed by atoms with E-state index < -0.39 is 5.78 Å². The molecule has 5 nitrogen and oxygen atoms in total. The molecule has 0 N–H and O–H groups in total. The van der Waals surface area contributed by atoms with Crippen LogP contribution in [0.15, 0.2) is 16.9 Å². The minimum atomic E-state index is -0.723. The number of hydrogen-bond acceptors (Lipinski definition) is 4. The Bertz CT molecular complexity index is 420. The zero-order valence-corrected chi connectivity index (χ0v) is 7.93. The van der Waals surface area contributed by atoms with E-state index in [1.54, 1.807) is 13.8 Å². The van der Waals surface area contributed by atoms with Crippen LogP contribution in [0.2, 0.25) is 0 Å². The van der Waals surface area contributed by atoms with Crippen molar-refractivity contribution in [3.8, 4) is 0 Å². The molecule has 0 amide bonds. The van der Waals surface area contributed by atoms with Crippen LogP contribution in [0.1, 0.15) is 30.4 Å². The second-order valence-electron chi connectivity index (χ2n) is 3.08. The molecule has 0 saturated carbocycles. The van der Waals surface area contributed by atoms with Crippen LogP contribution < -0.4 is 5.56 Å². The number of hydrogen-bond donors (Lipinski definition) is 0. The van der Waals surface area contributed by atoms with Crippen molar-refractivity contribution >= 4 is 12.1 Å². The molecule has 0 fully saturated rings. The molecule has 74 valence electrons. The molecule has 1 heterocycles. The third-order valence-corrected chi connectivity index (χ3v) is 1.67. The van der Waals surface area contributed by atoms with Gasteiger partial charge in [-0.05, 0) is 19.9 Å². The quantitative estimate of drug-likeness (QED) is 0.391. The van der Waals surface area contributed by atoms with Crippen LogP contribution in [0.25, 0.3) is 0 Å². The lowest BCUT2D eigenvalue weighted by Crippen LogP contribution is -2.26. The normalized spacial score (nSPS) is 10.2. The summed E-state index contributed by atoms with van der Waals surface area (Å²) in [5.74, 6) is -0.723. The van der Waals surface area contributed by atoms with Crippen molar-refractivity contribution in [2.24, 2.45) is 0 Å². The molecule has 1 rings (SSSR count). The largest absolute Gasteiger partial charge is 0.294 e. The van der Waals surface area contributed by atoms with Crippen LogP contribution in [-0.4, -0.2) is 21.8 Å². The van der Waals surface area contributed by atoms with Gasteiger partial charge in [0.15, 0.2) is 6.29 Å². The maximum Gasteiger partial charge on any atom is 0.267 e. The van der Waals surface area contributed by atoms with Crippen molar-refractivity contribution < 1.29 is 9.59 Å². The van der Waals surface area contributed by atoms with E-state index in [1.165, 1.54) is 12.1 Å². The maximum atomic E-state index is 11.2. The molecule has 0 radical (unpaired) electrons. The van der Waals surface area contributed by atoms with E-state index in [0.717, 1.165) is 4.68 Å². The van der Waals surface area contributed by atoms with Crippen molar-refractivity contribution in [1.82, 2.24) is 9.78 Å². The first-order valence-corrected chi connectivity index (χ1v) is 4.15. The van der Waals surface area contributed by atoms with Gasteiger partial charge in [-0.1, -0.05) is 0 Å². The van der Waals surface area contributed by atoms with Crippen LogP contribution in [0.3, 0.4) is 0 Å². The highest BCUT2D eigenvalue weighted by molar-refractivity contribution is 6.32. The van der Waals surface area contributed by atoms with Gasteiger partial charge in [0.05, 0.1) is 6.04 Å². The molecule has 0 atom stereocenters. The van der Waals surface area contributed by atoms with Gasteiger partial charge in [0.25, 0.3) is 5.56 Å². The minimum absolute atomic E-state index is 0.00620. The molecule has 5 heteroatoms. The summed E-state index contributed by atoms with van der Waals surface area (Å²) in [5, 5.41) is 3.77. The first-order chi connectivity index (χ1) is 6.56. The highest BCUT2D eigenvalue weighted by Gasteiger charge is 2.09.